The SMILES string of the molecule is N/C(CCNc1ccc2cc(Br)ccc2c1)=N/O. The number of amidine groups is 1. The zero-order chi connectivity index (χ0) is 13.0. The lowest BCUT2D eigenvalue weighted by Crippen LogP contribution is -2.16. The molecule has 94 valence electrons. The molecule has 0 aliphatic rings. The molecular formula is C13H14BrN3O. The number of hydrogen-bond acceptors (Lipinski definition) is 3. The predicted octanol–water partition coefficient (Wildman–Crippen LogP) is 3.15. The monoisotopic (exact) mass is 307 g/mol. The van der Waals surface area contributed by atoms with Crippen LogP contribution in [0.25, 0.3) is 10.8 Å². The van der Waals surface area contributed by atoms with Gasteiger partial charge in [0.15, 0.2) is 0 Å². The van der Waals surface area contributed by atoms with Crippen LogP contribution in [0.5, 0.6) is 0 Å². The molecule has 0 fully saturated rings. The van der Waals surface area contributed by atoms with E-state index in [-0.39, 0.29) is 5.84 Å². The minimum Gasteiger partial charge on any atom is -0.409 e. The van der Waals surface area contributed by atoms with Gasteiger partial charge in [-0.2, -0.15) is 0 Å². The second kappa shape index (κ2) is 5.73. The Hall–Kier alpha value is -1.75. The highest BCUT2D eigenvalue weighted by molar-refractivity contribution is 9.10. The quantitative estimate of drug-likeness (QED) is 0.352. The summed E-state index contributed by atoms with van der Waals surface area (Å²) in [7, 11) is 0. The van der Waals surface area contributed by atoms with Gasteiger partial charge in [0.25, 0.3) is 0 Å². The minimum absolute atomic E-state index is 0.229. The van der Waals surface area contributed by atoms with Crippen LogP contribution in [0.15, 0.2) is 46.0 Å². The molecule has 0 unspecified atom stereocenters. The molecule has 4 N–H and O–H groups in total. The van der Waals surface area contributed by atoms with Gasteiger partial charge in [-0.15, -0.1) is 0 Å². The van der Waals surface area contributed by atoms with Crippen LogP contribution in [0, 0.1) is 0 Å². The number of fused-ring (bicyclic) bond motifs is 1. The number of anilines is 1. The molecule has 0 aliphatic heterocycles. The number of rotatable bonds is 4. The maximum atomic E-state index is 8.43. The summed E-state index contributed by atoms with van der Waals surface area (Å²) in [4.78, 5) is 0. The molecule has 0 heterocycles. The summed E-state index contributed by atoms with van der Waals surface area (Å²) in [6, 6.07) is 12.3. The van der Waals surface area contributed by atoms with Crippen LogP contribution in [0.3, 0.4) is 0 Å². The lowest BCUT2D eigenvalue weighted by atomic mass is 10.1. The first-order valence-electron chi connectivity index (χ1n) is 5.58. The standard InChI is InChI=1S/C13H14BrN3O/c14-11-3-1-10-8-12(4-2-9(10)7-11)16-6-5-13(15)17-18/h1-4,7-8,16,18H,5-6H2,(H2,15,17). The number of oxime groups is 1. The van der Waals surface area contributed by atoms with Crippen molar-refractivity contribution >= 4 is 38.2 Å². The minimum atomic E-state index is 0.229. The average molecular weight is 308 g/mol. The van der Waals surface area contributed by atoms with Crippen molar-refractivity contribution in [1.82, 2.24) is 0 Å². The van der Waals surface area contributed by atoms with Gasteiger partial charge in [0, 0.05) is 23.1 Å². The molecule has 18 heavy (non-hydrogen) atoms. The smallest absolute Gasteiger partial charge is 0.140 e. The molecule has 0 amide bonds. The second-order valence-corrected chi connectivity index (χ2v) is 4.89. The van der Waals surface area contributed by atoms with Gasteiger partial charge in [-0.25, -0.2) is 0 Å². The Morgan fingerprint density at radius 3 is 2.72 bits per heavy atom. The Balaban J connectivity index is 2.08. The molecule has 0 spiro atoms. The van der Waals surface area contributed by atoms with E-state index >= 15 is 0 Å². The maximum absolute atomic E-state index is 8.43. The summed E-state index contributed by atoms with van der Waals surface area (Å²) >= 11 is 3.45. The topological polar surface area (TPSA) is 70.6 Å². The molecule has 0 bridgehead atoms. The van der Waals surface area contributed by atoms with E-state index < -0.39 is 0 Å². The Labute approximate surface area is 114 Å². The summed E-state index contributed by atoms with van der Waals surface area (Å²) in [6.45, 7) is 0.637. The van der Waals surface area contributed by atoms with Crippen LogP contribution >= 0.6 is 15.9 Å². The van der Waals surface area contributed by atoms with Gasteiger partial charge in [0.1, 0.15) is 5.84 Å². The normalized spacial score (nSPS) is 11.7. The predicted molar refractivity (Wildman–Crippen MR) is 78.2 cm³/mol. The van der Waals surface area contributed by atoms with E-state index in [1.165, 1.54) is 10.8 Å². The average Bonchev–Trinajstić information content (AvgIpc) is 2.38. The van der Waals surface area contributed by atoms with Gasteiger partial charge < -0.3 is 16.3 Å². The summed E-state index contributed by atoms with van der Waals surface area (Å²) in [5.41, 5.74) is 6.42. The van der Waals surface area contributed by atoms with Crippen LogP contribution in [0.1, 0.15) is 6.42 Å². The van der Waals surface area contributed by atoms with Crippen molar-refractivity contribution in [3.8, 4) is 0 Å². The molecule has 2 aromatic carbocycles. The van der Waals surface area contributed by atoms with Gasteiger partial charge >= 0.3 is 0 Å². The lowest BCUT2D eigenvalue weighted by Gasteiger charge is -2.07. The highest BCUT2D eigenvalue weighted by Gasteiger charge is 1.98. The van der Waals surface area contributed by atoms with Crippen molar-refractivity contribution in [3.63, 3.8) is 0 Å². The van der Waals surface area contributed by atoms with Gasteiger partial charge in [0.05, 0.1) is 0 Å². The highest BCUT2D eigenvalue weighted by Crippen LogP contribution is 2.22. The van der Waals surface area contributed by atoms with Crippen LogP contribution in [0.2, 0.25) is 0 Å². The molecule has 0 atom stereocenters. The van der Waals surface area contributed by atoms with E-state index in [1.54, 1.807) is 0 Å². The maximum Gasteiger partial charge on any atom is 0.140 e. The second-order valence-electron chi connectivity index (χ2n) is 3.97. The highest BCUT2D eigenvalue weighted by atomic mass is 79.9. The van der Waals surface area contributed by atoms with Crippen molar-refractivity contribution in [2.45, 2.75) is 6.42 Å². The number of nitrogens with one attached hydrogen (secondary N) is 1. The summed E-state index contributed by atoms with van der Waals surface area (Å²) in [5, 5.41) is 17.0. The Bertz CT molecular complexity index is 583. The van der Waals surface area contributed by atoms with Crippen molar-refractivity contribution in [1.29, 1.82) is 0 Å². The first-order valence-corrected chi connectivity index (χ1v) is 6.38. The van der Waals surface area contributed by atoms with Crippen LogP contribution < -0.4 is 11.1 Å². The van der Waals surface area contributed by atoms with Gasteiger partial charge in [-0.3, -0.25) is 0 Å². The zero-order valence-electron chi connectivity index (χ0n) is 9.73. The molecule has 0 radical (unpaired) electrons. The molecule has 0 saturated heterocycles. The van der Waals surface area contributed by atoms with Crippen molar-refractivity contribution in [2.75, 3.05) is 11.9 Å². The van der Waals surface area contributed by atoms with Crippen molar-refractivity contribution in [2.24, 2.45) is 10.9 Å². The Morgan fingerprint density at radius 1 is 1.22 bits per heavy atom. The van der Waals surface area contributed by atoms with Gasteiger partial charge in [0.2, 0.25) is 0 Å². The number of halogens is 1. The van der Waals surface area contributed by atoms with E-state index in [2.05, 4.69) is 50.7 Å². The van der Waals surface area contributed by atoms with E-state index in [0.29, 0.717) is 13.0 Å². The molecule has 0 aliphatic carbocycles. The Morgan fingerprint density at radius 2 is 1.94 bits per heavy atom. The molecule has 2 aromatic rings. The third kappa shape index (κ3) is 3.13. The fraction of sp³-hybridized carbons (Fsp3) is 0.154. The number of nitrogens with two attached hydrogens (primary N) is 1. The Kier molecular flexibility index (Phi) is 4.04. The fourth-order valence-corrected chi connectivity index (χ4v) is 2.09. The molecule has 4 nitrogen and oxygen atoms in total. The summed E-state index contributed by atoms with van der Waals surface area (Å²) in [5.74, 6) is 0.229. The fourth-order valence-electron chi connectivity index (χ4n) is 1.71. The first-order chi connectivity index (χ1) is 8.69. The van der Waals surface area contributed by atoms with Crippen LogP contribution in [-0.2, 0) is 0 Å². The van der Waals surface area contributed by atoms with Crippen molar-refractivity contribution < 1.29 is 5.21 Å². The lowest BCUT2D eigenvalue weighted by molar-refractivity contribution is 0.317. The zero-order valence-corrected chi connectivity index (χ0v) is 11.3. The first kappa shape index (κ1) is 12.7. The third-order valence-electron chi connectivity index (χ3n) is 2.64. The van der Waals surface area contributed by atoms with E-state index in [4.69, 9.17) is 10.9 Å². The van der Waals surface area contributed by atoms with Gasteiger partial charge in [-0.1, -0.05) is 33.2 Å². The molecule has 5 heteroatoms. The van der Waals surface area contributed by atoms with E-state index in [0.717, 1.165) is 10.2 Å². The molecular weight excluding hydrogens is 294 g/mol. The summed E-state index contributed by atoms with van der Waals surface area (Å²) < 4.78 is 1.07. The van der Waals surface area contributed by atoms with E-state index in [9.17, 15) is 0 Å². The molecule has 2 rings (SSSR count). The van der Waals surface area contributed by atoms with Crippen LogP contribution in [0.4, 0.5) is 5.69 Å². The van der Waals surface area contributed by atoms with Gasteiger partial charge in [-0.05, 0) is 35.0 Å². The number of nitrogens with zero attached hydrogens (tertiary/aromatic N) is 1. The summed E-state index contributed by atoms with van der Waals surface area (Å²) in [6.07, 6.45) is 0.509. The molecule has 0 saturated carbocycles. The van der Waals surface area contributed by atoms with E-state index in [1.807, 2.05) is 12.1 Å². The number of hydrogen-bond donors (Lipinski definition) is 3. The van der Waals surface area contributed by atoms with Crippen molar-refractivity contribution in [3.05, 3.63) is 40.9 Å². The number of benzene rings is 2. The van der Waals surface area contributed by atoms with Crippen LogP contribution in [-0.4, -0.2) is 17.6 Å². The molecule has 0 aromatic heterocycles. The largest absolute Gasteiger partial charge is 0.409 e. The third-order valence-corrected chi connectivity index (χ3v) is 3.13.